The van der Waals surface area contributed by atoms with Crippen molar-refractivity contribution in [3.8, 4) is 0 Å². The van der Waals surface area contributed by atoms with Gasteiger partial charge >= 0.3 is 0 Å². The predicted molar refractivity (Wildman–Crippen MR) is 61.0 cm³/mol. The molecule has 0 aromatic carbocycles. The van der Waals surface area contributed by atoms with Crippen LogP contribution in [0, 0.1) is 5.92 Å². The fraction of sp³-hybridized carbons (Fsp3) is 0.700. The Morgan fingerprint density at radius 3 is 3.00 bits per heavy atom. The first-order valence-corrected chi connectivity index (χ1v) is 5.46. The lowest BCUT2D eigenvalue weighted by Crippen LogP contribution is -2.17. The molecule has 1 unspecified atom stereocenters. The van der Waals surface area contributed by atoms with Gasteiger partial charge in [-0.15, -0.1) is 0 Å². The average Bonchev–Trinajstić information content (AvgIpc) is 2.57. The molecule has 0 aliphatic heterocycles. The molecule has 1 rings (SSSR count). The minimum Gasteiger partial charge on any atom is -0.383 e. The number of methoxy groups -OCH3 is 1. The molecular formula is C10H18ClN3O. The third kappa shape index (κ3) is 3.48. The molecule has 15 heavy (non-hydrogen) atoms. The van der Waals surface area contributed by atoms with Crippen molar-refractivity contribution in [2.75, 3.05) is 20.3 Å². The maximum absolute atomic E-state index is 6.06. The fourth-order valence-electron chi connectivity index (χ4n) is 1.37. The summed E-state index contributed by atoms with van der Waals surface area (Å²) in [4.78, 5) is 0. The minimum atomic E-state index is 0.417. The number of nitrogens with zero attached hydrogens (tertiary/aromatic N) is 2. The molecule has 0 radical (unpaired) electrons. The monoisotopic (exact) mass is 231 g/mol. The highest BCUT2D eigenvalue weighted by atomic mass is 35.5. The first-order valence-electron chi connectivity index (χ1n) is 5.08. The van der Waals surface area contributed by atoms with Crippen molar-refractivity contribution < 1.29 is 4.74 Å². The van der Waals surface area contributed by atoms with Crippen molar-refractivity contribution >= 4 is 11.6 Å². The summed E-state index contributed by atoms with van der Waals surface area (Å²) < 4.78 is 6.90. The van der Waals surface area contributed by atoms with Gasteiger partial charge in [0.2, 0.25) is 0 Å². The molecule has 4 nitrogen and oxygen atoms in total. The van der Waals surface area contributed by atoms with Gasteiger partial charge in [-0.3, -0.25) is 4.68 Å². The van der Waals surface area contributed by atoms with E-state index in [4.69, 9.17) is 22.1 Å². The number of nitrogens with two attached hydrogens (primary N) is 1. The standard InChI is InChI=1S/C10H18ClN3O/c1-8(6-12)5-10-9(11)7-13-14(10)3-4-15-2/h7-8H,3-6,12H2,1-2H3. The number of halogens is 1. The molecule has 86 valence electrons. The molecule has 0 bridgehead atoms. The lowest BCUT2D eigenvalue weighted by molar-refractivity contribution is 0.182. The van der Waals surface area contributed by atoms with Gasteiger partial charge in [0.25, 0.3) is 0 Å². The van der Waals surface area contributed by atoms with Crippen LogP contribution >= 0.6 is 11.6 Å². The third-order valence-corrected chi connectivity index (χ3v) is 2.66. The highest BCUT2D eigenvalue weighted by molar-refractivity contribution is 6.31. The summed E-state index contributed by atoms with van der Waals surface area (Å²) in [6.07, 6.45) is 2.54. The number of ether oxygens (including phenoxy) is 1. The molecule has 1 aromatic heterocycles. The first-order chi connectivity index (χ1) is 7.19. The summed E-state index contributed by atoms with van der Waals surface area (Å²) >= 11 is 6.06. The maximum Gasteiger partial charge on any atom is 0.0817 e. The average molecular weight is 232 g/mol. The highest BCUT2D eigenvalue weighted by Crippen LogP contribution is 2.18. The predicted octanol–water partition coefficient (Wildman–Crippen LogP) is 1.32. The second-order valence-electron chi connectivity index (χ2n) is 3.70. The molecule has 5 heteroatoms. The van der Waals surface area contributed by atoms with Gasteiger partial charge in [0.15, 0.2) is 0 Å². The van der Waals surface area contributed by atoms with E-state index < -0.39 is 0 Å². The molecule has 0 saturated carbocycles. The van der Waals surface area contributed by atoms with Gasteiger partial charge in [0.05, 0.1) is 30.1 Å². The molecule has 1 aromatic rings. The van der Waals surface area contributed by atoms with Crippen molar-refractivity contribution in [3.63, 3.8) is 0 Å². The van der Waals surface area contributed by atoms with Crippen LogP contribution in [0.5, 0.6) is 0 Å². The normalized spacial score (nSPS) is 13.1. The van der Waals surface area contributed by atoms with E-state index in [1.165, 1.54) is 0 Å². The van der Waals surface area contributed by atoms with E-state index in [2.05, 4.69) is 12.0 Å². The van der Waals surface area contributed by atoms with E-state index in [1.54, 1.807) is 13.3 Å². The molecule has 2 N–H and O–H groups in total. The van der Waals surface area contributed by atoms with Crippen LogP contribution in [-0.4, -0.2) is 30.0 Å². The van der Waals surface area contributed by atoms with Gasteiger partial charge in [0.1, 0.15) is 0 Å². The Labute approximate surface area is 95.3 Å². The molecule has 0 fully saturated rings. The zero-order chi connectivity index (χ0) is 11.3. The van der Waals surface area contributed by atoms with E-state index in [1.807, 2.05) is 4.68 Å². The van der Waals surface area contributed by atoms with Gasteiger partial charge in [-0.2, -0.15) is 5.10 Å². The second kappa shape index (κ2) is 6.10. The summed E-state index contributed by atoms with van der Waals surface area (Å²) in [5, 5.41) is 4.92. The summed E-state index contributed by atoms with van der Waals surface area (Å²) in [6, 6.07) is 0. The Morgan fingerprint density at radius 2 is 2.40 bits per heavy atom. The highest BCUT2D eigenvalue weighted by Gasteiger charge is 2.11. The zero-order valence-electron chi connectivity index (χ0n) is 9.24. The lowest BCUT2D eigenvalue weighted by Gasteiger charge is -2.11. The number of hydrogen-bond acceptors (Lipinski definition) is 3. The van der Waals surface area contributed by atoms with Gasteiger partial charge in [-0.25, -0.2) is 0 Å². The molecule has 0 amide bonds. The Kier molecular flexibility index (Phi) is 5.08. The van der Waals surface area contributed by atoms with E-state index in [-0.39, 0.29) is 0 Å². The van der Waals surface area contributed by atoms with E-state index in [0.29, 0.717) is 24.1 Å². The van der Waals surface area contributed by atoms with Crippen LogP contribution in [0.2, 0.25) is 5.02 Å². The summed E-state index contributed by atoms with van der Waals surface area (Å²) in [7, 11) is 1.67. The largest absolute Gasteiger partial charge is 0.383 e. The van der Waals surface area contributed by atoms with Crippen molar-refractivity contribution in [3.05, 3.63) is 16.9 Å². The van der Waals surface area contributed by atoms with Crippen molar-refractivity contribution in [2.24, 2.45) is 11.7 Å². The minimum absolute atomic E-state index is 0.417. The SMILES string of the molecule is COCCn1ncc(Cl)c1CC(C)CN. The molecule has 1 heterocycles. The molecule has 0 aliphatic carbocycles. The fourth-order valence-corrected chi connectivity index (χ4v) is 1.59. The number of rotatable bonds is 6. The van der Waals surface area contributed by atoms with E-state index in [9.17, 15) is 0 Å². The van der Waals surface area contributed by atoms with Crippen LogP contribution < -0.4 is 5.73 Å². The van der Waals surface area contributed by atoms with Crippen LogP contribution in [-0.2, 0) is 17.7 Å². The second-order valence-corrected chi connectivity index (χ2v) is 4.11. The molecule has 0 aliphatic rings. The van der Waals surface area contributed by atoms with Gasteiger partial charge in [-0.1, -0.05) is 18.5 Å². The summed E-state index contributed by atoms with van der Waals surface area (Å²) in [6.45, 7) is 4.13. The van der Waals surface area contributed by atoms with Crippen molar-refractivity contribution in [2.45, 2.75) is 19.9 Å². The van der Waals surface area contributed by atoms with Crippen LogP contribution in [0.3, 0.4) is 0 Å². The quantitative estimate of drug-likeness (QED) is 0.804. The zero-order valence-corrected chi connectivity index (χ0v) is 10.00. The van der Waals surface area contributed by atoms with Crippen LogP contribution in [0.4, 0.5) is 0 Å². The number of hydrogen-bond donors (Lipinski definition) is 1. The van der Waals surface area contributed by atoms with Gasteiger partial charge < -0.3 is 10.5 Å². The van der Waals surface area contributed by atoms with Crippen LogP contribution in [0.1, 0.15) is 12.6 Å². The smallest absolute Gasteiger partial charge is 0.0817 e. The van der Waals surface area contributed by atoms with Crippen LogP contribution in [0.15, 0.2) is 6.20 Å². The maximum atomic E-state index is 6.06. The molecule has 0 saturated heterocycles. The van der Waals surface area contributed by atoms with Crippen molar-refractivity contribution in [1.82, 2.24) is 9.78 Å². The summed E-state index contributed by atoms with van der Waals surface area (Å²) in [5.74, 6) is 0.417. The molecule has 0 spiro atoms. The Morgan fingerprint density at radius 1 is 1.67 bits per heavy atom. The van der Waals surface area contributed by atoms with E-state index >= 15 is 0 Å². The van der Waals surface area contributed by atoms with Crippen molar-refractivity contribution in [1.29, 1.82) is 0 Å². The Bertz CT molecular complexity index is 301. The van der Waals surface area contributed by atoms with Crippen LogP contribution in [0.25, 0.3) is 0 Å². The number of aromatic nitrogens is 2. The third-order valence-electron chi connectivity index (χ3n) is 2.35. The topological polar surface area (TPSA) is 53.1 Å². The lowest BCUT2D eigenvalue weighted by atomic mass is 10.1. The molecular weight excluding hydrogens is 214 g/mol. The van der Waals surface area contributed by atoms with E-state index in [0.717, 1.165) is 18.7 Å². The Balaban J connectivity index is 2.70. The summed E-state index contributed by atoms with van der Waals surface area (Å²) in [5.41, 5.74) is 6.64. The molecule has 1 atom stereocenters. The van der Waals surface area contributed by atoms with Gasteiger partial charge in [0, 0.05) is 7.11 Å². The van der Waals surface area contributed by atoms with Gasteiger partial charge in [-0.05, 0) is 18.9 Å². The first kappa shape index (κ1) is 12.5. The Hall–Kier alpha value is -0.580.